The SMILES string of the molecule is CC(C)C(=O)Cc1cc(C(=O)NCc2cccc(OC(F)(F)F)c2F)ccn1. The molecule has 0 spiro atoms. The summed E-state index contributed by atoms with van der Waals surface area (Å²) in [6.45, 7) is 3.16. The number of nitrogens with zero attached hydrogens (tertiary/aromatic N) is 1. The fourth-order valence-electron chi connectivity index (χ4n) is 2.27. The van der Waals surface area contributed by atoms with Gasteiger partial charge in [0.05, 0.1) is 0 Å². The van der Waals surface area contributed by atoms with Gasteiger partial charge in [-0.1, -0.05) is 26.0 Å². The third-order valence-electron chi connectivity index (χ3n) is 3.79. The Morgan fingerprint density at radius 3 is 2.57 bits per heavy atom. The van der Waals surface area contributed by atoms with E-state index in [9.17, 15) is 27.2 Å². The fourth-order valence-corrected chi connectivity index (χ4v) is 2.27. The summed E-state index contributed by atoms with van der Waals surface area (Å²) in [6, 6.07) is 6.12. The number of benzene rings is 1. The average Bonchev–Trinajstić information content (AvgIpc) is 2.61. The third-order valence-corrected chi connectivity index (χ3v) is 3.79. The number of ether oxygens (including phenoxy) is 1. The minimum Gasteiger partial charge on any atom is -0.403 e. The highest BCUT2D eigenvalue weighted by Crippen LogP contribution is 2.27. The average molecular weight is 398 g/mol. The molecule has 1 N–H and O–H groups in total. The number of hydrogen-bond donors (Lipinski definition) is 1. The largest absolute Gasteiger partial charge is 0.573 e. The molecule has 1 aromatic heterocycles. The van der Waals surface area contributed by atoms with Crippen molar-refractivity contribution >= 4 is 11.7 Å². The molecule has 0 saturated heterocycles. The first-order chi connectivity index (χ1) is 13.1. The van der Waals surface area contributed by atoms with Crippen molar-refractivity contribution in [3.8, 4) is 5.75 Å². The minimum absolute atomic E-state index is 0.0337. The van der Waals surface area contributed by atoms with E-state index in [0.717, 1.165) is 6.07 Å². The Labute approximate surface area is 158 Å². The summed E-state index contributed by atoms with van der Waals surface area (Å²) in [5.74, 6) is -2.97. The number of alkyl halides is 3. The Morgan fingerprint density at radius 1 is 1.21 bits per heavy atom. The minimum atomic E-state index is -5.02. The fraction of sp³-hybridized carbons (Fsp3) is 0.316. The molecule has 150 valence electrons. The number of aromatic nitrogens is 1. The van der Waals surface area contributed by atoms with Crippen LogP contribution in [0.15, 0.2) is 36.5 Å². The molecule has 0 saturated carbocycles. The Morgan fingerprint density at radius 2 is 1.93 bits per heavy atom. The van der Waals surface area contributed by atoms with Gasteiger partial charge in [0.2, 0.25) is 0 Å². The van der Waals surface area contributed by atoms with Crippen molar-refractivity contribution in [1.29, 1.82) is 0 Å². The Bertz CT molecular complexity index is 866. The highest BCUT2D eigenvalue weighted by atomic mass is 19.4. The Kier molecular flexibility index (Phi) is 6.71. The molecule has 1 aromatic carbocycles. The van der Waals surface area contributed by atoms with E-state index in [1.54, 1.807) is 13.8 Å². The highest BCUT2D eigenvalue weighted by molar-refractivity contribution is 5.94. The first-order valence-corrected chi connectivity index (χ1v) is 8.36. The zero-order valence-electron chi connectivity index (χ0n) is 15.1. The van der Waals surface area contributed by atoms with E-state index < -0.39 is 23.8 Å². The van der Waals surface area contributed by atoms with Crippen molar-refractivity contribution < 1.29 is 31.9 Å². The topological polar surface area (TPSA) is 68.3 Å². The molecule has 2 rings (SSSR count). The lowest BCUT2D eigenvalue weighted by Crippen LogP contribution is -2.24. The number of carbonyl (C=O) groups excluding carboxylic acids is 2. The van der Waals surface area contributed by atoms with E-state index in [0.29, 0.717) is 5.69 Å². The van der Waals surface area contributed by atoms with Gasteiger partial charge in [-0.25, -0.2) is 4.39 Å². The van der Waals surface area contributed by atoms with E-state index >= 15 is 0 Å². The molecule has 0 radical (unpaired) electrons. The van der Waals surface area contributed by atoms with E-state index in [-0.39, 0.29) is 35.8 Å². The smallest absolute Gasteiger partial charge is 0.403 e. The van der Waals surface area contributed by atoms with Crippen molar-refractivity contribution in [3.63, 3.8) is 0 Å². The molecule has 9 heteroatoms. The second-order valence-corrected chi connectivity index (χ2v) is 6.29. The molecule has 0 aliphatic carbocycles. The van der Waals surface area contributed by atoms with Gasteiger partial charge < -0.3 is 10.1 Å². The number of halogens is 4. The number of carbonyl (C=O) groups is 2. The second-order valence-electron chi connectivity index (χ2n) is 6.29. The van der Waals surface area contributed by atoms with Crippen molar-refractivity contribution in [2.75, 3.05) is 0 Å². The lowest BCUT2D eigenvalue weighted by molar-refractivity contribution is -0.275. The quantitative estimate of drug-likeness (QED) is 0.720. The van der Waals surface area contributed by atoms with Crippen LogP contribution in [0.4, 0.5) is 17.6 Å². The molecule has 0 atom stereocenters. The van der Waals surface area contributed by atoms with Gasteiger partial charge in [0.25, 0.3) is 5.91 Å². The van der Waals surface area contributed by atoms with E-state index in [1.807, 2.05) is 0 Å². The number of ketones is 1. The number of nitrogens with one attached hydrogen (secondary N) is 1. The van der Waals surface area contributed by atoms with Crippen LogP contribution in [0, 0.1) is 11.7 Å². The maximum Gasteiger partial charge on any atom is 0.573 e. The van der Waals surface area contributed by atoms with Crippen LogP contribution in [0.25, 0.3) is 0 Å². The summed E-state index contributed by atoms with van der Waals surface area (Å²) >= 11 is 0. The van der Waals surface area contributed by atoms with Gasteiger partial charge in [0.15, 0.2) is 11.6 Å². The summed E-state index contributed by atoms with van der Waals surface area (Å²) in [7, 11) is 0. The summed E-state index contributed by atoms with van der Waals surface area (Å²) in [6.07, 6.45) is -3.58. The van der Waals surface area contributed by atoms with Gasteiger partial charge in [-0.05, 0) is 18.2 Å². The molecule has 0 aliphatic heterocycles. The molecular formula is C19H18F4N2O3. The van der Waals surface area contributed by atoms with Crippen molar-refractivity contribution in [3.05, 3.63) is 59.2 Å². The zero-order valence-corrected chi connectivity index (χ0v) is 15.1. The highest BCUT2D eigenvalue weighted by Gasteiger charge is 2.32. The van der Waals surface area contributed by atoms with E-state index in [4.69, 9.17) is 0 Å². The van der Waals surface area contributed by atoms with Crippen molar-refractivity contribution in [2.24, 2.45) is 5.92 Å². The first-order valence-electron chi connectivity index (χ1n) is 8.36. The van der Waals surface area contributed by atoms with Crippen LogP contribution >= 0.6 is 0 Å². The van der Waals surface area contributed by atoms with Gasteiger partial charge in [-0.2, -0.15) is 0 Å². The number of hydrogen-bond acceptors (Lipinski definition) is 4. The molecule has 0 aliphatic rings. The van der Waals surface area contributed by atoms with Crippen molar-refractivity contribution in [1.82, 2.24) is 10.3 Å². The molecule has 28 heavy (non-hydrogen) atoms. The van der Waals surface area contributed by atoms with Gasteiger partial charge in [0, 0.05) is 41.9 Å². The van der Waals surface area contributed by atoms with Crippen LogP contribution in [0.3, 0.4) is 0 Å². The zero-order chi connectivity index (χ0) is 20.9. The second kappa shape index (κ2) is 8.81. The Hall–Kier alpha value is -2.97. The van der Waals surface area contributed by atoms with E-state index in [1.165, 1.54) is 30.5 Å². The monoisotopic (exact) mass is 398 g/mol. The number of rotatable bonds is 7. The molecular weight excluding hydrogens is 380 g/mol. The van der Waals surface area contributed by atoms with Crippen LogP contribution < -0.4 is 10.1 Å². The van der Waals surface area contributed by atoms with Crippen LogP contribution in [0.2, 0.25) is 0 Å². The normalized spacial score (nSPS) is 11.4. The molecule has 2 aromatic rings. The lowest BCUT2D eigenvalue weighted by Gasteiger charge is -2.12. The van der Waals surface area contributed by atoms with Gasteiger partial charge >= 0.3 is 6.36 Å². The van der Waals surface area contributed by atoms with Crippen LogP contribution in [-0.4, -0.2) is 23.0 Å². The van der Waals surface area contributed by atoms with Gasteiger partial charge in [-0.3, -0.25) is 14.6 Å². The molecule has 0 fully saturated rings. The van der Waals surface area contributed by atoms with Gasteiger partial charge in [-0.15, -0.1) is 13.2 Å². The predicted molar refractivity (Wildman–Crippen MR) is 92.0 cm³/mol. The summed E-state index contributed by atoms with van der Waals surface area (Å²) in [4.78, 5) is 28.1. The standard InChI is InChI=1S/C19H18F4N2O3/c1-11(2)15(26)9-14-8-12(6-7-24-14)18(27)25-10-13-4-3-5-16(17(13)20)28-19(21,22)23/h3-8,11H,9-10H2,1-2H3,(H,25,27). The molecule has 1 heterocycles. The maximum absolute atomic E-state index is 14.1. The molecule has 1 amide bonds. The van der Waals surface area contributed by atoms with Crippen molar-refractivity contribution in [2.45, 2.75) is 33.2 Å². The Balaban J connectivity index is 2.07. The van der Waals surface area contributed by atoms with Crippen LogP contribution in [0.5, 0.6) is 5.75 Å². The molecule has 0 bridgehead atoms. The summed E-state index contributed by atoms with van der Waals surface area (Å²) in [5, 5.41) is 2.42. The van der Waals surface area contributed by atoms with Crippen LogP contribution in [0.1, 0.15) is 35.5 Å². The summed E-state index contributed by atoms with van der Waals surface area (Å²) < 4.78 is 54.6. The summed E-state index contributed by atoms with van der Waals surface area (Å²) in [5.41, 5.74) is 0.446. The van der Waals surface area contributed by atoms with E-state index in [2.05, 4.69) is 15.0 Å². The third kappa shape index (κ3) is 6.04. The number of Topliss-reactive ketones (excluding diaryl/α,β-unsaturated/α-hetero) is 1. The predicted octanol–water partition coefficient (Wildman–Crippen LogP) is 3.82. The number of pyridine rings is 1. The molecule has 0 unspecified atom stereocenters. The number of amides is 1. The molecule has 5 nitrogen and oxygen atoms in total. The lowest BCUT2D eigenvalue weighted by atomic mass is 10.0. The maximum atomic E-state index is 14.1. The first kappa shape index (κ1) is 21.3. The van der Waals surface area contributed by atoms with Crippen LogP contribution in [-0.2, 0) is 17.8 Å². The van der Waals surface area contributed by atoms with Gasteiger partial charge in [0.1, 0.15) is 5.78 Å².